The van der Waals surface area contributed by atoms with E-state index in [2.05, 4.69) is 173 Å². The molecule has 2 aromatic heterocycles. The van der Waals surface area contributed by atoms with Crippen molar-refractivity contribution in [1.82, 2.24) is 9.13 Å². The van der Waals surface area contributed by atoms with Crippen LogP contribution in [0.4, 0.5) is 0 Å². The molecule has 0 spiro atoms. The normalized spacial score (nSPS) is 11.6. The topological polar surface area (TPSA) is 30.1 Å². The van der Waals surface area contributed by atoms with Gasteiger partial charge in [-0.3, -0.25) is 0 Å². The fourth-order valence-electron chi connectivity index (χ4n) is 7.87. The molecule has 240 valence electrons. The second kappa shape index (κ2) is 11.6. The maximum atomic E-state index is 10.7. The highest BCUT2D eigenvalue weighted by Crippen LogP contribution is 2.41. The van der Waals surface area contributed by atoms with Crippen LogP contribution in [-0.2, 0) is 0 Å². The lowest BCUT2D eigenvalue weighted by Gasteiger charge is -2.14. The first kappa shape index (κ1) is 29.1. The molecule has 0 amide bonds. The minimum atomic E-state index is 0.256. The van der Waals surface area contributed by atoms with Gasteiger partial charge < -0.3 is 14.2 Å². The van der Waals surface area contributed by atoms with Crippen LogP contribution in [0.15, 0.2) is 188 Å². The Labute approximate surface area is 295 Å². The van der Waals surface area contributed by atoms with Crippen molar-refractivity contribution < 1.29 is 5.11 Å². The van der Waals surface area contributed by atoms with E-state index in [0.29, 0.717) is 0 Å². The zero-order valence-electron chi connectivity index (χ0n) is 27.7. The second-order valence-electron chi connectivity index (χ2n) is 13.2. The van der Waals surface area contributed by atoms with Crippen LogP contribution in [0.1, 0.15) is 0 Å². The van der Waals surface area contributed by atoms with Crippen molar-refractivity contribution in [2.75, 3.05) is 0 Å². The second-order valence-corrected chi connectivity index (χ2v) is 13.2. The van der Waals surface area contributed by atoms with Crippen molar-refractivity contribution in [3.8, 4) is 50.5 Å². The summed E-state index contributed by atoms with van der Waals surface area (Å²) in [5, 5.41) is 15.2. The third kappa shape index (κ3) is 4.74. The summed E-state index contributed by atoms with van der Waals surface area (Å²) in [4.78, 5) is 0. The number of phenolic OH excluding ortho intramolecular Hbond substituents is 1. The molecule has 0 unspecified atom stereocenters. The first-order valence-corrected chi connectivity index (χ1v) is 17.3. The van der Waals surface area contributed by atoms with Crippen molar-refractivity contribution in [2.45, 2.75) is 0 Å². The van der Waals surface area contributed by atoms with Crippen molar-refractivity contribution in [2.24, 2.45) is 0 Å². The minimum Gasteiger partial charge on any atom is -0.508 e. The Bertz CT molecular complexity index is 2900. The van der Waals surface area contributed by atoms with E-state index in [1.54, 1.807) is 6.07 Å². The summed E-state index contributed by atoms with van der Waals surface area (Å²) in [6, 6.07) is 66.4. The molecule has 0 bridgehead atoms. The van der Waals surface area contributed by atoms with E-state index in [1.807, 2.05) is 18.2 Å². The van der Waals surface area contributed by atoms with E-state index >= 15 is 0 Å². The Morgan fingerprint density at radius 2 is 0.882 bits per heavy atom. The molecule has 0 atom stereocenters. The van der Waals surface area contributed by atoms with Crippen LogP contribution in [0.5, 0.6) is 5.75 Å². The molecule has 51 heavy (non-hydrogen) atoms. The molecule has 0 saturated carbocycles. The summed E-state index contributed by atoms with van der Waals surface area (Å²) in [5.74, 6) is 0.256. The smallest absolute Gasteiger partial charge is 0.116 e. The maximum Gasteiger partial charge on any atom is 0.116 e. The Hall–Kier alpha value is -6.84. The Morgan fingerprint density at radius 3 is 1.67 bits per heavy atom. The summed E-state index contributed by atoms with van der Waals surface area (Å²) in [5.41, 5.74) is 13.7. The lowest BCUT2D eigenvalue weighted by molar-refractivity contribution is 0.476. The molecule has 3 heteroatoms. The molecule has 10 rings (SSSR count). The summed E-state index contributed by atoms with van der Waals surface area (Å²) in [7, 11) is 0. The highest BCUT2D eigenvalue weighted by atomic mass is 16.3. The molecule has 3 nitrogen and oxygen atoms in total. The van der Waals surface area contributed by atoms with E-state index in [4.69, 9.17) is 0 Å². The molecule has 8 aromatic carbocycles. The largest absolute Gasteiger partial charge is 0.508 e. The van der Waals surface area contributed by atoms with Crippen molar-refractivity contribution in [3.05, 3.63) is 188 Å². The number of phenols is 1. The third-order valence-corrected chi connectivity index (χ3v) is 10.2. The molecule has 2 heterocycles. The predicted molar refractivity (Wildman–Crippen MR) is 213 cm³/mol. The number of benzene rings is 8. The summed E-state index contributed by atoms with van der Waals surface area (Å²) in [6.07, 6.45) is 0. The van der Waals surface area contributed by atoms with Crippen LogP contribution in [0.2, 0.25) is 0 Å². The zero-order chi connectivity index (χ0) is 33.9. The Balaban J connectivity index is 1.19. The predicted octanol–water partition coefficient (Wildman–Crippen LogP) is 12.6. The van der Waals surface area contributed by atoms with E-state index < -0.39 is 0 Å². The number of para-hydroxylation sites is 2. The van der Waals surface area contributed by atoms with Gasteiger partial charge in [0.25, 0.3) is 0 Å². The van der Waals surface area contributed by atoms with Crippen LogP contribution in [0, 0.1) is 0 Å². The van der Waals surface area contributed by atoms with Crippen LogP contribution < -0.4 is 0 Å². The molecule has 0 fully saturated rings. The van der Waals surface area contributed by atoms with Crippen LogP contribution in [0.25, 0.3) is 88.4 Å². The van der Waals surface area contributed by atoms with Crippen LogP contribution in [0.3, 0.4) is 0 Å². The quantitative estimate of drug-likeness (QED) is 0.197. The fourth-order valence-corrected chi connectivity index (χ4v) is 7.87. The van der Waals surface area contributed by atoms with Crippen molar-refractivity contribution >= 4 is 43.6 Å². The van der Waals surface area contributed by atoms with Crippen molar-refractivity contribution in [3.63, 3.8) is 0 Å². The van der Waals surface area contributed by atoms with Crippen molar-refractivity contribution in [1.29, 1.82) is 0 Å². The monoisotopic (exact) mass is 652 g/mol. The molecule has 1 N–H and O–H groups in total. The molecule has 0 aliphatic heterocycles. The fraction of sp³-hybridized carbons (Fsp3) is 0. The number of aromatic nitrogens is 2. The van der Waals surface area contributed by atoms with Gasteiger partial charge in [0, 0.05) is 38.5 Å². The average molecular weight is 653 g/mol. The standard InChI is InChI=1S/C48H32N2O/c51-39-26-28-47-44(31-39)43-30-36(23-27-46(43)49(47)37-24-21-34(22-25-37)32-11-3-1-4-12-32)40-18-10-19-42-41-17-7-8-20-45(41)50(48(40)42)38-16-9-15-35(29-38)33-13-5-2-6-14-33/h1-31,51H. The van der Waals surface area contributed by atoms with Gasteiger partial charge in [-0.15, -0.1) is 0 Å². The maximum absolute atomic E-state index is 10.7. The molecule has 0 aliphatic carbocycles. The van der Waals surface area contributed by atoms with Crippen LogP contribution in [-0.4, -0.2) is 14.2 Å². The third-order valence-electron chi connectivity index (χ3n) is 10.2. The SMILES string of the molecule is Oc1ccc2c(c1)c1cc(-c3cccc4c5ccccc5n(-c5cccc(-c6ccccc6)c5)c34)ccc1n2-c1ccc(-c2ccccc2)cc1. The number of aromatic hydroxyl groups is 1. The Kier molecular flexibility index (Phi) is 6.65. The summed E-state index contributed by atoms with van der Waals surface area (Å²) < 4.78 is 4.72. The van der Waals surface area contributed by atoms with Gasteiger partial charge in [-0.25, -0.2) is 0 Å². The van der Waals surface area contributed by atoms with Gasteiger partial charge in [0.05, 0.1) is 22.1 Å². The van der Waals surface area contributed by atoms with Crippen LogP contribution >= 0.6 is 0 Å². The Morgan fingerprint density at radius 1 is 0.314 bits per heavy atom. The van der Waals surface area contributed by atoms with Gasteiger partial charge in [0.2, 0.25) is 0 Å². The summed E-state index contributed by atoms with van der Waals surface area (Å²) in [6.45, 7) is 0. The summed E-state index contributed by atoms with van der Waals surface area (Å²) >= 11 is 0. The molecule has 0 saturated heterocycles. The minimum absolute atomic E-state index is 0.256. The van der Waals surface area contributed by atoms with Gasteiger partial charge in [0.1, 0.15) is 5.75 Å². The van der Waals surface area contributed by atoms with E-state index in [9.17, 15) is 5.11 Å². The van der Waals surface area contributed by atoms with Gasteiger partial charge in [0.15, 0.2) is 0 Å². The molecule has 10 aromatic rings. The van der Waals surface area contributed by atoms with Gasteiger partial charge >= 0.3 is 0 Å². The van der Waals surface area contributed by atoms with E-state index in [-0.39, 0.29) is 5.75 Å². The molecule has 0 radical (unpaired) electrons. The first-order chi connectivity index (χ1) is 25.2. The number of rotatable bonds is 5. The lowest BCUT2D eigenvalue weighted by atomic mass is 9.99. The molecule has 0 aliphatic rings. The lowest BCUT2D eigenvalue weighted by Crippen LogP contribution is -1.96. The highest BCUT2D eigenvalue weighted by molar-refractivity contribution is 6.16. The number of hydrogen-bond donors (Lipinski definition) is 1. The zero-order valence-corrected chi connectivity index (χ0v) is 27.7. The van der Waals surface area contributed by atoms with E-state index in [0.717, 1.165) is 44.3 Å². The first-order valence-electron chi connectivity index (χ1n) is 17.3. The molecular weight excluding hydrogens is 621 g/mol. The average Bonchev–Trinajstić information content (AvgIpc) is 3.71. The van der Waals surface area contributed by atoms with Gasteiger partial charge in [-0.05, 0) is 88.5 Å². The van der Waals surface area contributed by atoms with Gasteiger partial charge in [-0.1, -0.05) is 127 Å². The molecular formula is C48H32N2O. The van der Waals surface area contributed by atoms with E-state index in [1.165, 1.54) is 44.1 Å². The number of nitrogens with zero attached hydrogens (tertiary/aromatic N) is 2. The van der Waals surface area contributed by atoms with Gasteiger partial charge in [-0.2, -0.15) is 0 Å². The number of fused-ring (bicyclic) bond motifs is 6. The number of hydrogen-bond acceptors (Lipinski definition) is 1. The highest BCUT2D eigenvalue weighted by Gasteiger charge is 2.19.